The fourth-order valence-electron chi connectivity index (χ4n) is 8.71. The molecule has 6 aromatic rings. The fraction of sp³-hybridized carbons (Fsp3) is 0.271. The van der Waals surface area contributed by atoms with Crippen molar-refractivity contribution >= 4 is 34.9 Å². The zero-order valence-electron chi connectivity index (χ0n) is 33.6. The second-order valence-corrected chi connectivity index (χ2v) is 15.6. The molecule has 0 saturated carbocycles. The van der Waals surface area contributed by atoms with E-state index < -0.39 is 0 Å². The van der Waals surface area contributed by atoms with Gasteiger partial charge in [-0.15, -0.1) is 0 Å². The number of aromatic nitrogens is 2. The van der Waals surface area contributed by atoms with Crippen LogP contribution in [0.5, 0.6) is 0 Å². The number of carbonyl (C=O) groups excluding carboxylic acids is 3. The number of carbonyl (C=O) groups is 3. The number of amides is 3. The van der Waals surface area contributed by atoms with Gasteiger partial charge in [0.2, 0.25) is 5.91 Å². The normalized spacial score (nSPS) is 14.9. The molecule has 3 amide bonds. The van der Waals surface area contributed by atoms with Crippen molar-refractivity contribution in [1.29, 1.82) is 0 Å². The van der Waals surface area contributed by atoms with Gasteiger partial charge in [0.05, 0.1) is 24.3 Å². The molecule has 0 aliphatic carbocycles. The Labute approximate surface area is 339 Å². The van der Waals surface area contributed by atoms with Crippen molar-refractivity contribution in [1.82, 2.24) is 18.9 Å². The molecule has 0 bridgehead atoms. The number of anilines is 3. The van der Waals surface area contributed by atoms with Gasteiger partial charge < -0.3 is 29.8 Å². The monoisotopic (exact) mass is 774 g/mol. The topological polar surface area (TPSA) is 117 Å². The molecule has 58 heavy (non-hydrogen) atoms. The number of nitrogen functional groups attached to an aromatic ring is 1. The minimum atomic E-state index is -0.241. The summed E-state index contributed by atoms with van der Waals surface area (Å²) in [5, 5.41) is 9.76. The maximum Gasteiger partial charge on any atom is 0.264 e. The van der Waals surface area contributed by atoms with Crippen molar-refractivity contribution in [2.24, 2.45) is 7.05 Å². The van der Waals surface area contributed by atoms with Gasteiger partial charge in [-0.05, 0) is 91.8 Å². The van der Waals surface area contributed by atoms with Gasteiger partial charge in [-0.1, -0.05) is 72.8 Å². The molecule has 10 heteroatoms. The Balaban J connectivity index is 1.21. The Bertz CT molecular complexity index is 2520. The van der Waals surface area contributed by atoms with Crippen molar-refractivity contribution in [3.63, 3.8) is 0 Å². The maximum absolute atomic E-state index is 15.0. The van der Waals surface area contributed by atoms with Crippen molar-refractivity contribution < 1.29 is 19.5 Å². The standard InChI is InChI=1S/C48H50N6O4/c1-31-23-35-15-11-12-16-37(35)30-53(31)47(57)42-26-38-29-51(46(56)24-34-13-7-5-8-14-34)20-19-36(38)25-41(42)44-27-40(32(2)50(44)4)48(58)54(39-17-9-6-10-18-39)43-28-45(49)52(21-22-55)33(43)3/h5-18,25-28,31,55H,19-24,29-30,49H2,1-4H3. The Morgan fingerprint density at radius 2 is 1.48 bits per heavy atom. The maximum atomic E-state index is 15.0. The molecule has 2 aliphatic heterocycles. The van der Waals surface area contributed by atoms with Crippen LogP contribution in [-0.4, -0.2) is 61.0 Å². The minimum Gasteiger partial charge on any atom is -0.395 e. The summed E-state index contributed by atoms with van der Waals surface area (Å²) in [5.74, 6) is 0.187. The molecule has 1 unspecified atom stereocenters. The van der Waals surface area contributed by atoms with Gasteiger partial charge in [0, 0.05) is 79.2 Å². The quantitative estimate of drug-likeness (QED) is 0.159. The van der Waals surface area contributed by atoms with E-state index in [9.17, 15) is 14.7 Å². The zero-order chi connectivity index (χ0) is 40.7. The Morgan fingerprint density at radius 3 is 2.21 bits per heavy atom. The first-order valence-corrected chi connectivity index (χ1v) is 20.0. The van der Waals surface area contributed by atoms with Gasteiger partial charge in [0.25, 0.3) is 11.8 Å². The lowest BCUT2D eigenvalue weighted by Gasteiger charge is -2.36. The SMILES string of the molecule is Cc1c(C(=O)N(c2ccccc2)c2cc(N)n(CCO)c2C)cc(-c2cc3c(cc2C(=O)N2Cc4ccccc4CC2C)CN(C(=O)Cc2ccccc2)CC3)n1C. The van der Waals surface area contributed by atoms with Gasteiger partial charge in [-0.2, -0.15) is 0 Å². The van der Waals surface area contributed by atoms with Crippen LogP contribution >= 0.6 is 0 Å². The lowest BCUT2D eigenvalue weighted by Crippen LogP contribution is -2.43. The number of aliphatic hydroxyl groups is 1. The molecule has 2 aliphatic rings. The van der Waals surface area contributed by atoms with E-state index in [0.717, 1.165) is 51.3 Å². The number of para-hydroxylation sites is 1. The lowest BCUT2D eigenvalue weighted by molar-refractivity contribution is -0.131. The van der Waals surface area contributed by atoms with Crippen molar-refractivity contribution in [3.8, 4) is 11.3 Å². The van der Waals surface area contributed by atoms with Gasteiger partial charge >= 0.3 is 0 Å². The molecule has 296 valence electrons. The Kier molecular flexibility index (Phi) is 10.5. The molecule has 2 aromatic heterocycles. The van der Waals surface area contributed by atoms with E-state index in [0.29, 0.717) is 67.3 Å². The van der Waals surface area contributed by atoms with Crippen LogP contribution in [-0.2, 0) is 50.7 Å². The second-order valence-electron chi connectivity index (χ2n) is 15.6. The van der Waals surface area contributed by atoms with E-state index in [1.165, 1.54) is 5.56 Å². The molecule has 8 rings (SSSR count). The number of hydrogen-bond acceptors (Lipinski definition) is 5. The molecular formula is C48H50N6O4. The van der Waals surface area contributed by atoms with E-state index in [2.05, 4.69) is 25.1 Å². The summed E-state index contributed by atoms with van der Waals surface area (Å²) in [4.78, 5) is 49.1. The molecule has 1 atom stereocenters. The van der Waals surface area contributed by atoms with Crippen LogP contribution in [0.15, 0.2) is 109 Å². The molecule has 10 nitrogen and oxygen atoms in total. The zero-order valence-corrected chi connectivity index (χ0v) is 33.6. The average Bonchev–Trinajstić information content (AvgIpc) is 3.69. The fourth-order valence-corrected chi connectivity index (χ4v) is 8.71. The van der Waals surface area contributed by atoms with Crippen molar-refractivity contribution in [2.45, 2.75) is 65.7 Å². The molecular weight excluding hydrogens is 725 g/mol. The first-order chi connectivity index (χ1) is 28.0. The van der Waals surface area contributed by atoms with Crippen molar-refractivity contribution in [3.05, 3.63) is 160 Å². The molecule has 0 radical (unpaired) electrons. The third kappa shape index (κ3) is 7.09. The number of aliphatic hydroxyl groups excluding tert-OH is 1. The van der Waals surface area contributed by atoms with Crippen LogP contribution in [0, 0.1) is 13.8 Å². The third-order valence-electron chi connectivity index (χ3n) is 12.1. The van der Waals surface area contributed by atoms with Gasteiger partial charge in [0.15, 0.2) is 0 Å². The molecule has 0 spiro atoms. The largest absolute Gasteiger partial charge is 0.395 e. The van der Waals surface area contributed by atoms with Crippen LogP contribution < -0.4 is 10.6 Å². The van der Waals surface area contributed by atoms with E-state index in [1.54, 1.807) is 11.0 Å². The smallest absolute Gasteiger partial charge is 0.264 e. The van der Waals surface area contributed by atoms with Crippen molar-refractivity contribution in [2.75, 3.05) is 23.8 Å². The Hall–Kier alpha value is -6.39. The lowest BCUT2D eigenvalue weighted by atomic mass is 9.89. The number of nitrogens with zero attached hydrogens (tertiary/aromatic N) is 5. The summed E-state index contributed by atoms with van der Waals surface area (Å²) in [6.45, 7) is 7.62. The highest BCUT2D eigenvalue weighted by atomic mass is 16.3. The summed E-state index contributed by atoms with van der Waals surface area (Å²) >= 11 is 0. The molecule has 0 fully saturated rings. The van der Waals surface area contributed by atoms with Crippen LogP contribution in [0.4, 0.5) is 17.2 Å². The van der Waals surface area contributed by atoms with Gasteiger partial charge in [0.1, 0.15) is 5.82 Å². The summed E-state index contributed by atoms with van der Waals surface area (Å²) in [5.41, 5.74) is 17.2. The molecule has 4 heterocycles. The molecule has 0 saturated heterocycles. The third-order valence-corrected chi connectivity index (χ3v) is 12.1. The Morgan fingerprint density at radius 1 is 0.793 bits per heavy atom. The van der Waals surface area contributed by atoms with Crippen LogP contribution in [0.25, 0.3) is 11.3 Å². The van der Waals surface area contributed by atoms with E-state index in [1.807, 2.05) is 125 Å². The number of nitrogens with two attached hydrogens (primary N) is 1. The number of fused-ring (bicyclic) bond motifs is 2. The van der Waals surface area contributed by atoms with Gasteiger partial charge in [-0.25, -0.2) is 0 Å². The highest BCUT2D eigenvalue weighted by molar-refractivity contribution is 6.13. The molecule has 3 N–H and O–H groups in total. The summed E-state index contributed by atoms with van der Waals surface area (Å²) in [6.07, 6.45) is 1.72. The van der Waals surface area contributed by atoms with Crippen LogP contribution in [0.2, 0.25) is 0 Å². The molecule has 4 aromatic carbocycles. The minimum absolute atomic E-state index is 0.0317. The number of rotatable bonds is 9. The number of benzene rings is 4. The number of hydrogen-bond donors (Lipinski definition) is 2. The highest BCUT2D eigenvalue weighted by Gasteiger charge is 2.33. The van der Waals surface area contributed by atoms with Crippen LogP contribution in [0.1, 0.15) is 66.8 Å². The summed E-state index contributed by atoms with van der Waals surface area (Å²) in [6, 6.07) is 35.3. The van der Waals surface area contributed by atoms with E-state index >= 15 is 4.79 Å². The second kappa shape index (κ2) is 15.9. The summed E-state index contributed by atoms with van der Waals surface area (Å²) in [7, 11) is 1.94. The van der Waals surface area contributed by atoms with E-state index in [4.69, 9.17) is 5.73 Å². The first kappa shape index (κ1) is 38.5. The van der Waals surface area contributed by atoms with Gasteiger partial charge in [-0.3, -0.25) is 19.3 Å². The first-order valence-electron chi connectivity index (χ1n) is 20.0. The predicted octanol–water partition coefficient (Wildman–Crippen LogP) is 7.38. The average molecular weight is 775 g/mol. The summed E-state index contributed by atoms with van der Waals surface area (Å²) < 4.78 is 3.81. The highest BCUT2D eigenvalue weighted by Crippen LogP contribution is 2.38. The predicted molar refractivity (Wildman–Crippen MR) is 228 cm³/mol. The van der Waals surface area contributed by atoms with Crippen LogP contribution in [0.3, 0.4) is 0 Å². The van der Waals surface area contributed by atoms with E-state index in [-0.39, 0.29) is 30.4 Å².